The first kappa shape index (κ1) is 16.0. The zero-order valence-corrected chi connectivity index (χ0v) is 13.5. The maximum Gasteiger partial charge on any atom is 0.123 e. The Morgan fingerprint density at radius 3 is 2.50 bits per heavy atom. The third-order valence-electron chi connectivity index (χ3n) is 5.87. The largest absolute Gasteiger partial charge is 0.303 e. The van der Waals surface area contributed by atoms with Crippen molar-refractivity contribution < 1.29 is 4.79 Å². The predicted molar refractivity (Wildman–Crippen MR) is 85.7 cm³/mol. The van der Waals surface area contributed by atoms with E-state index in [9.17, 15) is 4.79 Å². The summed E-state index contributed by atoms with van der Waals surface area (Å²) in [6.07, 6.45) is 19.2. The molecule has 2 rings (SSSR count). The van der Waals surface area contributed by atoms with Crippen LogP contribution in [0.5, 0.6) is 0 Å². The van der Waals surface area contributed by atoms with E-state index in [1.807, 2.05) is 0 Å². The lowest BCUT2D eigenvalue weighted by Gasteiger charge is -2.28. The van der Waals surface area contributed by atoms with E-state index in [0.717, 1.165) is 24.2 Å². The molecule has 0 spiro atoms. The lowest BCUT2D eigenvalue weighted by atomic mass is 9.77. The molecule has 20 heavy (non-hydrogen) atoms. The van der Waals surface area contributed by atoms with E-state index in [2.05, 4.69) is 6.92 Å². The van der Waals surface area contributed by atoms with Crippen molar-refractivity contribution in [1.29, 1.82) is 0 Å². The minimum Gasteiger partial charge on any atom is -0.303 e. The Morgan fingerprint density at radius 1 is 0.900 bits per heavy atom. The highest BCUT2D eigenvalue weighted by Crippen LogP contribution is 2.34. The van der Waals surface area contributed by atoms with Crippen LogP contribution >= 0.6 is 0 Å². The van der Waals surface area contributed by atoms with E-state index in [1.165, 1.54) is 83.3 Å². The lowest BCUT2D eigenvalue weighted by molar-refractivity contribution is -0.113. The molecule has 1 heteroatoms. The standard InChI is InChI=1S/C19H34O/c1-16-8-7-10-17(14-16)9-3-2-4-11-18-12-5-6-13-19(18)15-20/h15-19H,2-14H2,1H3. The Labute approximate surface area is 125 Å². The monoisotopic (exact) mass is 278 g/mol. The highest BCUT2D eigenvalue weighted by Gasteiger charge is 2.24. The molecule has 4 atom stereocenters. The van der Waals surface area contributed by atoms with Gasteiger partial charge in [0.15, 0.2) is 0 Å². The molecule has 1 nitrogen and oxygen atoms in total. The summed E-state index contributed by atoms with van der Waals surface area (Å²) in [6.45, 7) is 2.43. The van der Waals surface area contributed by atoms with Crippen LogP contribution in [-0.4, -0.2) is 6.29 Å². The van der Waals surface area contributed by atoms with Gasteiger partial charge in [-0.25, -0.2) is 0 Å². The van der Waals surface area contributed by atoms with E-state index in [0.29, 0.717) is 5.92 Å². The normalized spacial score (nSPS) is 34.9. The van der Waals surface area contributed by atoms with Gasteiger partial charge in [-0.05, 0) is 43.4 Å². The van der Waals surface area contributed by atoms with E-state index >= 15 is 0 Å². The molecule has 0 aromatic heterocycles. The molecule has 0 aromatic rings. The summed E-state index contributed by atoms with van der Waals surface area (Å²) in [6, 6.07) is 0. The van der Waals surface area contributed by atoms with Crippen molar-refractivity contribution in [1.82, 2.24) is 0 Å². The molecular weight excluding hydrogens is 244 g/mol. The first-order valence-corrected chi connectivity index (χ1v) is 9.25. The van der Waals surface area contributed by atoms with Crippen LogP contribution in [0.25, 0.3) is 0 Å². The van der Waals surface area contributed by atoms with E-state index in [1.54, 1.807) is 0 Å². The van der Waals surface area contributed by atoms with Crippen molar-refractivity contribution >= 4 is 6.29 Å². The Kier molecular flexibility index (Phi) is 7.10. The fraction of sp³-hybridized carbons (Fsp3) is 0.947. The summed E-state index contributed by atoms with van der Waals surface area (Å²) in [4.78, 5) is 11.1. The molecule has 116 valence electrons. The van der Waals surface area contributed by atoms with Crippen molar-refractivity contribution in [3.63, 3.8) is 0 Å². The molecule has 0 radical (unpaired) electrons. The average Bonchev–Trinajstić information content (AvgIpc) is 2.47. The highest BCUT2D eigenvalue weighted by molar-refractivity contribution is 5.54. The fourth-order valence-electron chi connectivity index (χ4n) is 4.61. The highest BCUT2D eigenvalue weighted by atomic mass is 16.1. The molecule has 2 aliphatic rings. The van der Waals surface area contributed by atoms with Crippen molar-refractivity contribution in [2.24, 2.45) is 23.7 Å². The first-order chi connectivity index (χ1) is 9.79. The van der Waals surface area contributed by atoms with Gasteiger partial charge in [0.05, 0.1) is 0 Å². The number of aldehydes is 1. The van der Waals surface area contributed by atoms with Crippen LogP contribution < -0.4 is 0 Å². The third-order valence-corrected chi connectivity index (χ3v) is 5.87. The summed E-state index contributed by atoms with van der Waals surface area (Å²) in [7, 11) is 0. The van der Waals surface area contributed by atoms with Gasteiger partial charge in [0, 0.05) is 5.92 Å². The van der Waals surface area contributed by atoms with Crippen LogP contribution in [0.3, 0.4) is 0 Å². The zero-order valence-electron chi connectivity index (χ0n) is 13.5. The third kappa shape index (κ3) is 5.22. The Hall–Kier alpha value is -0.330. The van der Waals surface area contributed by atoms with Crippen LogP contribution in [0.1, 0.15) is 90.4 Å². The maximum absolute atomic E-state index is 11.1. The molecule has 0 amide bonds. The molecule has 2 aliphatic carbocycles. The molecular formula is C19H34O. The van der Waals surface area contributed by atoms with Gasteiger partial charge < -0.3 is 4.79 Å². The number of hydrogen-bond acceptors (Lipinski definition) is 1. The number of hydrogen-bond donors (Lipinski definition) is 0. The van der Waals surface area contributed by atoms with Crippen LogP contribution in [0.4, 0.5) is 0 Å². The minimum atomic E-state index is 0.392. The Morgan fingerprint density at radius 2 is 1.70 bits per heavy atom. The number of carbonyl (C=O) groups is 1. The summed E-state index contributed by atoms with van der Waals surface area (Å²) in [5.74, 6) is 3.11. The lowest BCUT2D eigenvalue weighted by Crippen LogP contribution is -2.20. The molecule has 0 aromatic carbocycles. The summed E-state index contributed by atoms with van der Waals surface area (Å²) >= 11 is 0. The van der Waals surface area contributed by atoms with E-state index < -0.39 is 0 Å². The molecule has 0 N–H and O–H groups in total. The van der Waals surface area contributed by atoms with E-state index in [-0.39, 0.29) is 0 Å². The van der Waals surface area contributed by atoms with Crippen molar-refractivity contribution in [3.05, 3.63) is 0 Å². The van der Waals surface area contributed by atoms with Gasteiger partial charge in [-0.3, -0.25) is 0 Å². The van der Waals surface area contributed by atoms with Gasteiger partial charge in [0.25, 0.3) is 0 Å². The summed E-state index contributed by atoms with van der Waals surface area (Å²) < 4.78 is 0. The summed E-state index contributed by atoms with van der Waals surface area (Å²) in [5, 5.41) is 0. The molecule has 0 saturated heterocycles. The fourth-order valence-corrected chi connectivity index (χ4v) is 4.61. The van der Waals surface area contributed by atoms with Gasteiger partial charge in [0.1, 0.15) is 6.29 Å². The Balaban J connectivity index is 1.53. The zero-order chi connectivity index (χ0) is 14.2. The van der Waals surface area contributed by atoms with Gasteiger partial charge in [0.2, 0.25) is 0 Å². The second-order valence-corrected chi connectivity index (χ2v) is 7.62. The van der Waals surface area contributed by atoms with Crippen molar-refractivity contribution in [2.45, 2.75) is 90.4 Å². The second kappa shape index (κ2) is 8.85. The van der Waals surface area contributed by atoms with Crippen LogP contribution in [0.2, 0.25) is 0 Å². The molecule has 2 fully saturated rings. The van der Waals surface area contributed by atoms with Crippen molar-refractivity contribution in [3.8, 4) is 0 Å². The van der Waals surface area contributed by atoms with E-state index in [4.69, 9.17) is 0 Å². The van der Waals surface area contributed by atoms with Gasteiger partial charge >= 0.3 is 0 Å². The average molecular weight is 278 g/mol. The SMILES string of the molecule is CC1CCCC(CCCCCC2CCCCC2C=O)C1. The van der Waals surface area contributed by atoms with Gasteiger partial charge in [-0.1, -0.05) is 64.7 Å². The van der Waals surface area contributed by atoms with Gasteiger partial charge in [-0.15, -0.1) is 0 Å². The van der Waals surface area contributed by atoms with Crippen molar-refractivity contribution in [2.75, 3.05) is 0 Å². The Bertz CT molecular complexity index is 273. The summed E-state index contributed by atoms with van der Waals surface area (Å²) in [5.41, 5.74) is 0. The number of unbranched alkanes of at least 4 members (excludes halogenated alkanes) is 2. The molecule has 0 aliphatic heterocycles. The molecule has 2 saturated carbocycles. The second-order valence-electron chi connectivity index (χ2n) is 7.62. The maximum atomic E-state index is 11.1. The topological polar surface area (TPSA) is 17.1 Å². The molecule has 0 heterocycles. The first-order valence-electron chi connectivity index (χ1n) is 9.25. The smallest absolute Gasteiger partial charge is 0.123 e. The van der Waals surface area contributed by atoms with Crippen LogP contribution in [0.15, 0.2) is 0 Å². The molecule has 4 unspecified atom stereocenters. The van der Waals surface area contributed by atoms with Gasteiger partial charge in [-0.2, -0.15) is 0 Å². The number of rotatable bonds is 7. The minimum absolute atomic E-state index is 0.392. The van der Waals surface area contributed by atoms with Crippen LogP contribution in [-0.2, 0) is 4.79 Å². The molecule has 0 bridgehead atoms. The quantitative estimate of drug-likeness (QED) is 0.427. The predicted octanol–water partition coefficient (Wildman–Crippen LogP) is 5.77. The van der Waals surface area contributed by atoms with Crippen LogP contribution in [0, 0.1) is 23.7 Å². The number of carbonyl (C=O) groups excluding carboxylic acids is 1.